The Morgan fingerprint density at radius 2 is 1.90 bits per heavy atom. The molecule has 1 amide bonds. The Labute approximate surface area is 122 Å². The average molecular weight is 285 g/mol. The molecule has 0 fully saturated rings. The van der Waals surface area contributed by atoms with E-state index in [1.165, 1.54) is 19.3 Å². The van der Waals surface area contributed by atoms with Crippen molar-refractivity contribution in [1.29, 1.82) is 0 Å². The highest BCUT2D eigenvalue weighted by Gasteiger charge is 2.14. The zero-order chi connectivity index (χ0) is 15.2. The number of amides is 1. The minimum absolute atomic E-state index is 0.0887. The summed E-state index contributed by atoms with van der Waals surface area (Å²) in [6.07, 6.45) is 7.29. The van der Waals surface area contributed by atoms with Gasteiger partial charge in [-0.05, 0) is 32.7 Å². The molecule has 0 aromatic rings. The maximum Gasteiger partial charge on any atom is 0.237 e. The topological polar surface area (TPSA) is 106 Å². The van der Waals surface area contributed by atoms with Gasteiger partial charge < -0.3 is 22.1 Å². The van der Waals surface area contributed by atoms with Crippen LogP contribution >= 0.6 is 0 Å². The van der Waals surface area contributed by atoms with Gasteiger partial charge in [-0.2, -0.15) is 0 Å². The number of likely N-dealkylation sites (N-methyl/N-ethyl adjacent to an activating group) is 1. The molecule has 0 spiro atoms. The highest BCUT2D eigenvalue weighted by atomic mass is 16.2. The molecule has 0 bridgehead atoms. The minimum Gasteiger partial charge on any atom is -0.370 e. The summed E-state index contributed by atoms with van der Waals surface area (Å²) >= 11 is 0. The number of rotatable bonds is 12. The first-order valence-corrected chi connectivity index (χ1v) is 7.62. The Morgan fingerprint density at radius 1 is 1.15 bits per heavy atom. The molecule has 118 valence electrons. The molecule has 0 heterocycles. The van der Waals surface area contributed by atoms with Gasteiger partial charge in [-0.25, -0.2) is 0 Å². The third kappa shape index (κ3) is 10.6. The van der Waals surface area contributed by atoms with E-state index in [4.69, 9.17) is 11.5 Å². The van der Waals surface area contributed by atoms with Crippen LogP contribution in [0.2, 0.25) is 0 Å². The van der Waals surface area contributed by atoms with Crippen LogP contribution in [0, 0.1) is 0 Å². The molecule has 0 aliphatic rings. The van der Waals surface area contributed by atoms with Crippen molar-refractivity contribution < 1.29 is 4.79 Å². The van der Waals surface area contributed by atoms with Gasteiger partial charge in [0.05, 0.1) is 6.04 Å². The normalized spacial score (nSPS) is 11.9. The van der Waals surface area contributed by atoms with Crippen LogP contribution in [0.25, 0.3) is 0 Å². The molecule has 6 N–H and O–H groups in total. The Kier molecular flexibility index (Phi) is 11.9. The van der Waals surface area contributed by atoms with Crippen molar-refractivity contribution in [3.63, 3.8) is 0 Å². The summed E-state index contributed by atoms with van der Waals surface area (Å²) < 4.78 is 0. The summed E-state index contributed by atoms with van der Waals surface area (Å²) in [5.74, 6) is 0.214. The molecule has 1 atom stereocenters. The number of nitrogens with two attached hydrogens (primary N) is 2. The van der Waals surface area contributed by atoms with Gasteiger partial charge in [0.1, 0.15) is 0 Å². The number of nitrogens with one attached hydrogen (secondary N) is 2. The van der Waals surface area contributed by atoms with Crippen molar-refractivity contribution in [3.8, 4) is 0 Å². The monoisotopic (exact) mass is 285 g/mol. The second-order valence-corrected chi connectivity index (χ2v) is 5.00. The molecular weight excluding hydrogens is 254 g/mol. The van der Waals surface area contributed by atoms with Gasteiger partial charge in [0.2, 0.25) is 5.91 Å². The number of hydrogen-bond donors (Lipinski definition) is 4. The van der Waals surface area contributed by atoms with Crippen LogP contribution in [0.4, 0.5) is 0 Å². The first-order valence-electron chi connectivity index (χ1n) is 7.62. The van der Waals surface area contributed by atoms with Gasteiger partial charge in [-0.3, -0.25) is 9.79 Å². The highest BCUT2D eigenvalue weighted by Crippen LogP contribution is 2.02. The van der Waals surface area contributed by atoms with E-state index >= 15 is 0 Å². The molecular formula is C14H31N5O. The largest absolute Gasteiger partial charge is 0.370 e. The van der Waals surface area contributed by atoms with Crippen LogP contribution in [-0.2, 0) is 4.79 Å². The fourth-order valence-electron chi connectivity index (χ4n) is 1.96. The molecule has 0 radical (unpaired) electrons. The van der Waals surface area contributed by atoms with Crippen molar-refractivity contribution >= 4 is 11.9 Å². The lowest BCUT2D eigenvalue weighted by molar-refractivity contribution is -0.123. The predicted molar refractivity (Wildman–Crippen MR) is 84.5 cm³/mol. The maximum absolute atomic E-state index is 11.9. The molecule has 20 heavy (non-hydrogen) atoms. The van der Waals surface area contributed by atoms with E-state index < -0.39 is 0 Å². The van der Waals surface area contributed by atoms with E-state index in [0.29, 0.717) is 6.54 Å². The Morgan fingerprint density at radius 3 is 2.50 bits per heavy atom. The SMILES string of the molecule is CCCCCCNC(=O)C(CCCCN=C(N)N)NC. The second kappa shape index (κ2) is 12.7. The third-order valence-electron chi connectivity index (χ3n) is 3.19. The van der Waals surface area contributed by atoms with Crippen molar-refractivity contribution in [2.75, 3.05) is 20.1 Å². The van der Waals surface area contributed by atoms with Gasteiger partial charge in [-0.1, -0.05) is 26.2 Å². The van der Waals surface area contributed by atoms with Crippen LogP contribution in [0.1, 0.15) is 51.9 Å². The van der Waals surface area contributed by atoms with Crippen molar-refractivity contribution in [2.45, 2.75) is 57.9 Å². The second-order valence-electron chi connectivity index (χ2n) is 5.00. The number of guanidine groups is 1. The van der Waals surface area contributed by atoms with E-state index in [1.54, 1.807) is 0 Å². The van der Waals surface area contributed by atoms with E-state index in [2.05, 4.69) is 22.5 Å². The number of aliphatic imine (C=N–C) groups is 1. The van der Waals surface area contributed by atoms with Crippen LogP contribution in [0.15, 0.2) is 4.99 Å². The lowest BCUT2D eigenvalue weighted by Gasteiger charge is -2.15. The predicted octanol–water partition coefficient (Wildman–Crippen LogP) is 0.715. The number of nitrogens with zero attached hydrogens (tertiary/aromatic N) is 1. The van der Waals surface area contributed by atoms with Gasteiger partial charge >= 0.3 is 0 Å². The molecule has 0 saturated carbocycles. The van der Waals surface area contributed by atoms with E-state index in [-0.39, 0.29) is 17.9 Å². The van der Waals surface area contributed by atoms with Gasteiger partial charge in [0, 0.05) is 13.1 Å². The van der Waals surface area contributed by atoms with Gasteiger partial charge in [-0.15, -0.1) is 0 Å². The Balaban J connectivity index is 3.71. The summed E-state index contributed by atoms with van der Waals surface area (Å²) in [6, 6.07) is -0.125. The minimum atomic E-state index is -0.125. The molecule has 0 aromatic carbocycles. The third-order valence-corrected chi connectivity index (χ3v) is 3.19. The lowest BCUT2D eigenvalue weighted by Crippen LogP contribution is -2.42. The summed E-state index contributed by atoms with van der Waals surface area (Å²) in [6.45, 7) is 3.57. The molecule has 0 saturated heterocycles. The number of carbonyl (C=O) groups excluding carboxylic acids is 1. The standard InChI is InChI=1S/C14H31N5O/c1-3-4-5-7-10-18-13(20)12(17-2)9-6-8-11-19-14(15)16/h12,17H,3-11H2,1-2H3,(H,18,20)(H4,15,16,19). The van der Waals surface area contributed by atoms with Crippen molar-refractivity contribution in [3.05, 3.63) is 0 Å². The maximum atomic E-state index is 11.9. The Bertz CT molecular complexity index is 277. The smallest absolute Gasteiger partial charge is 0.237 e. The molecule has 0 aliphatic carbocycles. The number of hydrogen-bond acceptors (Lipinski definition) is 3. The summed E-state index contributed by atoms with van der Waals surface area (Å²) in [5, 5.41) is 6.04. The van der Waals surface area contributed by atoms with E-state index in [9.17, 15) is 4.79 Å². The van der Waals surface area contributed by atoms with Crippen LogP contribution in [0.5, 0.6) is 0 Å². The van der Waals surface area contributed by atoms with Crippen LogP contribution < -0.4 is 22.1 Å². The quantitative estimate of drug-likeness (QED) is 0.241. The fourth-order valence-corrected chi connectivity index (χ4v) is 1.96. The first-order chi connectivity index (χ1) is 9.61. The van der Waals surface area contributed by atoms with Crippen LogP contribution in [-0.4, -0.2) is 38.0 Å². The zero-order valence-corrected chi connectivity index (χ0v) is 13.0. The molecule has 6 heteroatoms. The first kappa shape index (κ1) is 18.7. The molecule has 0 rings (SSSR count). The fraction of sp³-hybridized carbons (Fsp3) is 0.857. The lowest BCUT2D eigenvalue weighted by atomic mass is 10.1. The molecule has 0 aromatic heterocycles. The average Bonchev–Trinajstić information content (AvgIpc) is 2.42. The Hall–Kier alpha value is -1.30. The summed E-state index contributed by atoms with van der Waals surface area (Å²) in [4.78, 5) is 15.9. The van der Waals surface area contributed by atoms with E-state index in [1.807, 2.05) is 7.05 Å². The zero-order valence-electron chi connectivity index (χ0n) is 13.0. The summed E-state index contributed by atoms with van der Waals surface area (Å²) in [5.41, 5.74) is 10.5. The van der Waals surface area contributed by atoms with Gasteiger partial charge in [0.25, 0.3) is 0 Å². The van der Waals surface area contributed by atoms with Crippen molar-refractivity contribution in [2.24, 2.45) is 16.5 Å². The molecule has 6 nitrogen and oxygen atoms in total. The van der Waals surface area contributed by atoms with Crippen LogP contribution in [0.3, 0.4) is 0 Å². The van der Waals surface area contributed by atoms with Crippen molar-refractivity contribution in [1.82, 2.24) is 10.6 Å². The molecule has 1 unspecified atom stereocenters. The van der Waals surface area contributed by atoms with Gasteiger partial charge in [0.15, 0.2) is 5.96 Å². The van der Waals surface area contributed by atoms with E-state index in [0.717, 1.165) is 32.2 Å². The number of carbonyl (C=O) groups is 1. The highest BCUT2D eigenvalue weighted by molar-refractivity contribution is 5.81. The summed E-state index contributed by atoms with van der Waals surface area (Å²) in [7, 11) is 1.82. The number of unbranched alkanes of at least 4 members (excludes halogenated alkanes) is 4. The molecule has 0 aliphatic heterocycles.